The zero-order valence-electron chi connectivity index (χ0n) is 18.3. The number of hydrogen-bond acceptors (Lipinski definition) is 4. The molecular weight excluding hydrogens is 521 g/mol. The van der Waals surface area contributed by atoms with E-state index in [1.165, 1.54) is 16.7 Å². The second-order valence-electron chi connectivity index (χ2n) is 7.76. The van der Waals surface area contributed by atoms with Gasteiger partial charge >= 0.3 is 0 Å². The van der Waals surface area contributed by atoms with E-state index in [-0.39, 0.29) is 10.7 Å². The van der Waals surface area contributed by atoms with Crippen LogP contribution in [0.15, 0.2) is 88.3 Å². The van der Waals surface area contributed by atoms with Gasteiger partial charge in [-0.15, -0.1) is 0 Å². The number of aromatic nitrogens is 1. The Labute approximate surface area is 221 Å². The number of fused-ring (bicyclic) bond motifs is 1. The number of nitrogens with one attached hydrogen (secondary N) is 1. The highest BCUT2D eigenvalue weighted by Gasteiger charge is 2.35. The molecule has 5 nitrogen and oxygen atoms in total. The minimum Gasteiger partial charge on any atom is -0.338 e. The van der Waals surface area contributed by atoms with Crippen molar-refractivity contribution in [3.05, 3.63) is 94.0 Å². The summed E-state index contributed by atoms with van der Waals surface area (Å²) in [4.78, 5) is 28.7. The molecule has 0 bridgehead atoms. The molecule has 0 aliphatic carbocycles. The Morgan fingerprint density at radius 1 is 0.943 bits per heavy atom. The lowest BCUT2D eigenvalue weighted by molar-refractivity contribution is -0.122. The fraction of sp³-hybridized carbons (Fsp3) is 0.0385. The fourth-order valence-corrected chi connectivity index (χ4v) is 5.61. The van der Waals surface area contributed by atoms with Gasteiger partial charge in [0.1, 0.15) is 5.57 Å². The number of nitrogens with zero attached hydrogens (tertiary/aromatic N) is 2. The standard InChI is InChI=1S/C26H17Cl2N3O2S2/c1-30-21-8-4-2-6-17(21)18(25(30)35-22-9-5-3-7-20(22)28)14-19-23(32)29-26(34)31(24(19)33)16-12-10-15(27)11-13-16/h2-14H,1H3,(H,29,32,34)/b19-14+. The van der Waals surface area contributed by atoms with Crippen molar-refractivity contribution in [3.8, 4) is 0 Å². The molecule has 1 fully saturated rings. The first-order valence-electron chi connectivity index (χ1n) is 10.5. The zero-order valence-corrected chi connectivity index (χ0v) is 21.4. The summed E-state index contributed by atoms with van der Waals surface area (Å²) in [5.74, 6) is -1.06. The van der Waals surface area contributed by atoms with Gasteiger partial charge in [0, 0.05) is 33.4 Å². The molecule has 1 N–H and O–H groups in total. The molecule has 9 heteroatoms. The summed E-state index contributed by atoms with van der Waals surface area (Å²) in [5.41, 5.74) is 2.20. The number of carbonyl (C=O) groups is 2. The number of anilines is 1. The van der Waals surface area contributed by atoms with Crippen LogP contribution in [-0.2, 0) is 16.6 Å². The molecule has 1 aliphatic rings. The van der Waals surface area contributed by atoms with Crippen LogP contribution in [0.5, 0.6) is 0 Å². The van der Waals surface area contributed by atoms with Crippen molar-refractivity contribution in [1.29, 1.82) is 0 Å². The van der Waals surface area contributed by atoms with Gasteiger partial charge in [-0.3, -0.25) is 19.8 Å². The summed E-state index contributed by atoms with van der Waals surface area (Å²) < 4.78 is 2.03. The maximum absolute atomic E-state index is 13.5. The van der Waals surface area contributed by atoms with Crippen molar-refractivity contribution in [2.24, 2.45) is 7.05 Å². The van der Waals surface area contributed by atoms with E-state index in [1.807, 2.05) is 60.1 Å². The van der Waals surface area contributed by atoms with E-state index < -0.39 is 11.8 Å². The average molecular weight is 538 g/mol. The largest absolute Gasteiger partial charge is 0.338 e. The van der Waals surface area contributed by atoms with E-state index in [9.17, 15) is 9.59 Å². The maximum Gasteiger partial charge on any atom is 0.270 e. The predicted molar refractivity (Wildman–Crippen MR) is 146 cm³/mol. The molecule has 2 amide bonds. The van der Waals surface area contributed by atoms with Gasteiger partial charge in [-0.1, -0.05) is 65.3 Å². The summed E-state index contributed by atoms with van der Waals surface area (Å²) in [6.45, 7) is 0. The highest BCUT2D eigenvalue weighted by atomic mass is 35.5. The Balaban J connectivity index is 1.66. The second-order valence-corrected chi connectivity index (χ2v) is 10.0. The number of amides is 2. The minimum atomic E-state index is -0.549. The Morgan fingerprint density at radius 2 is 1.63 bits per heavy atom. The van der Waals surface area contributed by atoms with Gasteiger partial charge in [0.05, 0.1) is 15.7 Å². The van der Waals surface area contributed by atoms with E-state index in [0.29, 0.717) is 15.7 Å². The molecule has 1 saturated heterocycles. The van der Waals surface area contributed by atoms with E-state index >= 15 is 0 Å². The normalized spacial score (nSPS) is 15.2. The van der Waals surface area contributed by atoms with Crippen LogP contribution in [0.2, 0.25) is 10.0 Å². The molecule has 5 rings (SSSR count). The Hall–Kier alpha value is -3.10. The van der Waals surface area contributed by atoms with E-state index in [0.717, 1.165) is 26.4 Å². The van der Waals surface area contributed by atoms with Crippen molar-refractivity contribution >= 4 is 86.8 Å². The number of rotatable bonds is 4. The van der Waals surface area contributed by atoms with E-state index in [2.05, 4.69) is 5.32 Å². The first kappa shape index (κ1) is 23.6. The number of halogens is 2. The highest BCUT2D eigenvalue weighted by molar-refractivity contribution is 7.99. The van der Waals surface area contributed by atoms with Crippen LogP contribution in [0, 0.1) is 0 Å². The van der Waals surface area contributed by atoms with Crippen LogP contribution in [0.1, 0.15) is 5.56 Å². The Morgan fingerprint density at radius 3 is 2.37 bits per heavy atom. The van der Waals surface area contributed by atoms with Gasteiger partial charge < -0.3 is 4.57 Å². The van der Waals surface area contributed by atoms with Gasteiger partial charge in [0.15, 0.2) is 5.11 Å². The lowest BCUT2D eigenvalue weighted by atomic mass is 10.1. The maximum atomic E-state index is 13.5. The van der Waals surface area contributed by atoms with Crippen LogP contribution >= 0.6 is 47.2 Å². The number of aryl methyl sites for hydroxylation is 1. The quantitative estimate of drug-likeness (QED) is 0.184. The Bertz CT molecular complexity index is 1540. The third-order valence-corrected chi connectivity index (χ3v) is 7.85. The lowest BCUT2D eigenvalue weighted by Crippen LogP contribution is -2.54. The van der Waals surface area contributed by atoms with Crippen LogP contribution in [0.25, 0.3) is 17.0 Å². The molecule has 2 heterocycles. The topological polar surface area (TPSA) is 54.3 Å². The SMILES string of the molecule is Cn1c(Sc2ccccc2Cl)c(/C=C2\C(=O)NC(=S)N(c3ccc(Cl)cc3)C2=O)c2ccccc21. The number of thiocarbonyl (C=S) groups is 1. The third-order valence-electron chi connectivity index (χ3n) is 5.61. The van der Waals surface area contributed by atoms with Crippen LogP contribution in [-0.4, -0.2) is 21.5 Å². The van der Waals surface area contributed by atoms with Gasteiger partial charge in [0.2, 0.25) is 0 Å². The molecule has 0 atom stereocenters. The van der Waals surface area contributed by atoms with Gasteiger partial charge in [-0.25, -0.2) is 0 Å². The van der Waals surface area contributed by atoms with E-state index in [1.54, 1.807) is 30.3 Å². The number of para-hydroxylation sites is 1. The van der Waals surface area contributed by atoms with Crippen LogP contribution in [0.3, 0.4) is 0 Å². The molecule has 35 heavy (non-hydrogen) atoms. The van der Waals surface area contributed by atoms with Crippen molar-refractivity contribution in [2.75, 3.05) is 4.90 Å². The molecule has 4 aromatic rings. The Kier molecular flexibility index (Phi) is 6.42. The molecule has 0 saturated carbocycles. The summed E-state index contributed by atoms with van der Waals surface area (Å²) in [5, 5.41) is 5.55. The molecule has 3 aromatic carbocycles. The summed E-state index contributed by atoms with van der Waals surface area (Å²) in [6.07, 6.45) is 1.63. The molecular formula is C26H17Cl2N3O2S2. The predicted octanol–water partition coefficient (Wildman–Crippen LogP) is 6.47. The van der Waals surface area contributed by atoms with E-state index in [4.69, 9.17) is 35.4 Å². The smallest absolute Gasteiger partial charge is 0.270 e. The van der Waals surface area contributed by atoms with Gasteiger partial charge in [0.25, 0.3) is 11.8 Å². The second kappa shape index (κ2) is 9.51. The zero-order chi connectivity index (χ0) is 24.7. The third kappa shape index (κ3) is 4.36. The summed E-state index contributed by atoms with van der Waals surface area (Å²) in [6, 6.07) is 22.1. The van der Waals surface area contributed by atoms with Crippen molar-refractivity contribution in [2.45, 2.75) is 9.92 Å². The molecule has 1 aromatic heterocycles. The van der Waals surface area contributed by atoms with Gasteiger partial charge in [-0.05, 0) is 60.8 Å². The molecule has 0 unspecified atom stereocenters. The molecule has 0 radical (unpaired) electrons. The van der Waals surface area contributed by atoms with Crippen molar-refractivity contribution in [1.82, 2.24) is 9.88 Å². The van der Waals surface area contributed by atoms with Crippen LogP contribution in [0.4, 0.5) is 5.69 Å². The summed E-state index contributed by atoms with van der Waals surface area (Å²) >= 11 is 19.2. The van der Waals surface area contributed by atoms with Gasteiger partial charge in [-0.2, -0.15) is 0 Å². The van der Waals surface area contributed by atoms with Crippen molar-refractivity contribution < 1.29 is 9.59 Å². The molecule has 0 spiro atoms. The minimum absolute atomic E-state index is 0.0167. The highest BCUT2D eigenvalue weighted by Crippen LogP contribution is 2.40. The average Bonchev–Trinajstić information content (AvgIpc) is 3.10. The van der Waals surface area contributed by atoms with Crippen molar-refractivity contribution in [3.63, 3.8) is 0 Å². The van der Waals surface area contributed by atoms with Crippen LogP contribution < -0.4 is 10.2 Å². The fourth-order valence-electron chi connectivity index (χ4n) is 3.92. The number of hydrogen-bond donors (Lipinski definition) is 1. The molecule has 1 aliphatic heterocycles. The number of benzene rings is 3. The lowest BCUT2D eigenvalue weighted by Gasteiger charge is -2.29. The first-order chi connectivity index (χ1) is 16.8. The summed E-state index contributed by atoms with van der Waals surface area (Å²) in [7, 11) is 1.95. The number of carbonyl (C=O) groups excluding carboxylic acids is 2. The monoisotopic (exact) mass is 537 g/mol. The molecule has 174 valence electrons. The first-order valence-corrected chi connectivity index (χ1v) is 12.5.